The second kappa shape index (κ2) is 3.13. The number of anilines is 1. The first-order valence-electron chi connectivity index (χ1n) is 5.36. The molecule has 1 fully saturated rings. The number of para-hydroxylation sites is 1. The number of hydrogen-bond acceptors (Lipinski definition) is 4. The number of fused-ring (bicyclic) bond motifs is 3. The van der Waals surface area contributed by atoms with Gasteiger partial charge in [0.1, 0.15) is 5.75 Å². The lowest BCUT2D eigenvalue weighted by Crippen LogP contribution is -2.35. The van der Waals surface area contributed by atoms with Crippen LogP contribution in [0.1, 0.15) is 17.9 Å². The fourth-order valence-corrected chi connectivity index (χ4v) is 4.41. The second-order valence-electron chi connectivity index (χ2n) is 4.50. The van der Waals surface area contributed by atoms with E-state index in [4.69, 9.17) is 0 Å². The van der Waals surface area contributed by atoms with Crippen LogP contribution >= 0.6 is 0 Å². The Hall–Kier alpha value is -1.23. The van der Waals surface area contributed by atoms with Crippen molar-refractivity contribution in [2.24, 2.45) is 0 Å². The van der Waals surface area contributed by atoms with Crippen LogP contribution in [0, 0.1) is 0 Å². The Kier molecular flexibility index (Phi) is 1.95. The molecule has 2 unspecified atom stereocenters. The van der Waals surface area contributed by atoms with Crippen LogP contribution in [0.25, 0.3) is 0 Å². The van der Waals surface area contributed by atoms with Crippen molar-refractivity contribution in [3.8, 4) is 5.75 Å². The summed E-state index contributed by atoms with van der Waals surface area (Å²) in [6, 6.07) is 5.44. The molecule has 3 rings (SSSR count). The van der Waals surface area contributed by atoms with Gasteiger partial charge in [-0.25, -0.2) is 8.42 Å². The van der Waals surface area contributed by atoms with Gasteiger partial charge in [-0.2, -0.15) is 0 Å². The summed E-state index contributed by atoms with van der Waals surface area (Å²) in [6.07, 6.45) is 0.626. The minimum absolute atomic E-state index is 0.000787. The fraction of sp³-hybridized carbons (Fsp3) is 0.455. The Labute approximate surface area is 94.2 Å². The smallest absolute Gasteiger partial charge is 0.151 e. The van der Waals surface area contributed by atoms with Crippen molar-refractivity contribution >= 4 is 15.5 Å². The summed E-state index contributed by atoms with van der Waals surface area (Å²) in [6.45, 7) is 0. The Morgan fingerprint density at radius 2 is 2.19 bits per heavy atom. The highest BCUT2D eigenvalue weighted by atomic mass is 32.2. The van der Waals surface area contributed by atoms with Crippen molar-refractivity contribution in [3.63, 3.8) is 0 Å². The van der Waals surface area contributed by atoms with Crippen molar-refractivity contribution in [3.05, 3.63) is 23.8 Å². The zero-order valence-electron chi connectivity index (χ0n) is 8.68. The van der Waals surface area contributed by atoms with E-state index >= 15 is 0 Å². The molecule has 2 aliphatic heterocycles. The molecule has 0 radical (unpaired) electrons. The molecule has 4 nitrogen and oxygen atoms in total. The minimum Gasteiger partial charge on any atom is -0.506 e. The lowest BCUT2D eigenvalue weighted by Gasteiger charge is -2.25. The Morgan fingerprint density at radius 3 is 3.00 bits per heavy atom. The molecule has 16 heavy (non-hydrogen) atoms. The first kappa shape index (κ1) is 9.96. The first-order valence-corrected chi connectivity index (χ1v) is 7.18. The highest BCUT2D eigenvalue weighted by Gasteiger charge is 2.40. The average Bonchev–Trinajstić information content (AvgIpc) is 2.57. The third-order valence-electron chi connectivity index (χ3n) is 3.46. The zero-order chi connectivity index (χ0) is 11.3. The van der Waals surface area contributed by atoms with Crippen molar-refractivity contribution in [2.45, 2.75) is 18.4 Å². The summed E-state index contributed by atoms with van der Waals surface area (Å²) in [5.41, 5.74) is 1.66. The van der Waals surface area contributed by atoms with Gasteiger partial charge >= 0.3 is 0 Å². The number of phenols is 1. The van der Waals surface area contributed by atoms with Gasteiger partial charge in [0.2, 0.25) is 0 Å². The van der Waals surface area contributed by atoms with E-state index in [-0.39, 0.29) is 29.2 Å². The van der Waals surface area contributed by atoms with Gasteiger partial charge in [-0.1, -0.05) is 12.1 Å². The van der Waals surface area contributed by atoms with Crippen LogP contribution in [-0.2, 0) is 9.84 Å². The van der Waals surface area contributed by atoms with E-state index in [0.717, 1.165) is 11.3 Å². The quantitative estimate of drug-likeness (QED) is 0.665. The normalized spacial score (nSPS) is 30.2. The third-order valence-corrected chi connectivity index (χ3v) is 5.19. The number of aromatic hydroxyl groups is 1. The molecular weight excluding hydrogens is 226 g/mol. The molecule has 1 aromatic carbocycles. The molecule has 2 N–H and O–H groups in total. The van der Waals surface area contributed by atoms with Gasteiger partial charge in [-0.05, 0) is 18.1 Å². The van der Waals surface area contributed by atoms with Crippen LogP contribution in [0.15, 0.2) is 18.2 Å². The van der Waals surface area contributed by atoms with E-state index in [9.17, 15) is 13.5 Å². The summed E-state index contributed by atoms with van der Waals surface area (Å²) >= 11 is 0. The Morgan fingerprint density at radius 1 is 1.38 bits per heavy atom. The number of sulfone groups is 1. The van der Waals surface area contributed by atoms with Crippen molar-refractivity contribution < 1.29 is 13.5 Å². The summed E-state index contributed by atoms with van der Waals surface area (Å²) in [5.74, 6) is 0.655. The average molecular weight is 239 g/mol. The highest BCUT2D eigenvalue weighted by Crippen LogP contribution is 2.44. The van der Waals surface area contributed by atoms with Crippen LogP contribution in [-0.4, -0.2) is 31.1 Å². The molecule has 0 saturated carbocycles. The molecule has 2 heterocycles. The maximum Gasteiger partial charge on any atom is 0.151 e. The first-order chi connectivity index (χ1) is 7.57. The third kappa shape index (κ3) is 1.38. The van der Waals surface area contributed by atoms with Gasteiger partial charge in [-0.15, -0.1) is 0 Å². The summed E-state index contributed by atoms with van der Waals surface area (Å²) < 4.78 is 23.2. The molecule has 0 aromatic heterocycles. The number of hydrogen-bond donors (Lipinski definition) is 2. The van der Waals surface area contributed by atoms with Crippen LogP contribution in [0.3, 0.4) is 0 Å². The van der Waals surface area contributed by atoms with Crippen LogP contribution < -0.4 is 5.32 Å². The lowest BCUT2D eigenvalue weighted by atomic mass is 9.95. The molecular formula is C11H13NO3S. The predicted octanol–water partition coefficient (Wildman–Crippen LogP) is 1.09. The van der Waals surface area contributed by atoms with E-state index in [1.54, 1.807) is 12.1 Å². The van der Waals surface area contributed by atoms with E-state index in [1.807, 2.05) is 6.07 Å². The van der Waals surface area contributed by atoms with Crippen LogP contribution in [0.4, 0.5) is 5.69 Å². The fourth-order valence-electron chi connectivity index (χ4n) is 2.67. The molecule has 5 heteroatoms. The van der Waals surface area contributed by atoms with Crippen molar-refractivity contribution in [2.75, 3.05) is 16.8 Å². The predicted molar refractivity (Wildman–Crippen MR) is 61.5 cm³/mol. The number of nitrogens with one attached hydrogen (secondary N) is 1. The van der Waals surface area contributed by atoms with Crippen LogP contribution in [0.2, 0.25) is 0 Å². The maximum absolute atomic E-state index is 11.6. The van der Waals surface area contributed by atoms with E-state index < -0.39 is 9.84 Å². The topological polar surface area (TPSA) is 66.4 Å². The molecule has 2 aliphatic rings. The molecule has 2 atom stereocenters. The molecule has 1 aromatic rings. The molecule has 1 saturated heterocycles. The van der Waals surface area contributed by atoms with E-state index in [0.29, 0.717) is 6.42 Å². The summed E-state index contributed by atoms with van der Waals surface area (Å²) in [5, 5.41) is 12.9. The standard InChI is InChI=1S/C11H13NO3S/c13-10-3-1-2-7-8-6-16(14,15)5-4-9(8)12-11(7)10/h1-3,8-9,12-13H,4-6H2. The minimum atomic E-state index is -2.91. The van der Waals surface area contributed by atoms with Gasteiger partial charge < -0.3 is 10.4 Å². The maximum atomic E-state index is 11.6. The largest absolute Gasteiger partial charge is 0.506 e. The van der Waals surface area contributed by atoms with Gasteiger partial charge in [0, 0.05) is 12.0 Å². The number of benzene rings is 1. The van der Waals surface area contributed by atoms with Crippen molar-refractivity contribution in [1.29, 1.82) is 0 Å². The molecule has 0 aliphatic carbocycles. The monoisotopic (exact) mass is 239 g/mol. The summed E-state index contributed by atoms with van der Waals surface area (Å²) in [7, 11) is -2.91. The number of rotatable bonds is 0. The highest BCUT2D eigenvalue weighted by molar-refractivity contribution is 7.91. The Bertz CT molecular complexity index is 538. The molecule has 86 valence electrons. The van der Waals surface area contributed by atoms with Crippen LogP contribution in [0.5, 0.6) is 5.75 Å². The second-order valence-corrected chi connectivity index (χ2v) is 6.73. The lowest BCUT2D eigenvalue weighted by molar-refractivity contribution is 0.477. The molecule has 0 spiro atoms. The van der Waals surface area contributed by atoms with Gasteiger partial charge in [-0.3, -0.25) is 0 Å². The Balaban J connectivity index is 2.07. The number of phenolic OH excluding ortho intramolecular Hbond substituents is 1. The van der Waals surface area contributed by atoms with E-state index in [2.05, 4.69) is 5.32 Å². The van der Waals surface area contributed by atoms with Gasteiger partial charge in [0.25, 0.3) is 0 Å². The SMILES string of the molecule is O=S1(=O)CCC2Nc3c(O)cccc3C2C1. The molecule has 0 amide bonds. The zero-order valence-corrected chi connectivity index (χ0v) is 9.50. The van der Waals surface area contributed by atoms with Gasteiger partial charge in [0.15, 0.2) is 9.84 Å². The molecule has 0 bridgehead atoms. The summed E-state index contributed by atoms with van der Waals surface area (Å²) in [4.78, 5) is 0. The van der Waals surface area contributed by atoms with Gasteiger partial charge in [0.05, 0.1) is 17.2 Å². The van der Waals surface area contributed by atoms with Crippen molar-refractivity contribution in [1.82, 2.24) is 0 Å². The van der Waals surface area contributed by atoms with E-state index in [1.165, 1.54) is 0 Å².